The lowest BCUT2D eigenvalue weighted by molar-refractivity contribution is 0.0851. The zero-order chi connectivity index (χ0) is 14.9. The Morgan fingerprint density at radius 1 is 1.14 bits per heavy atom. The molecule has 21 heavy (non-hydrogen) atoms. The number of hydrogen-bond donors (Lipinski definition) is 1. The molecular formula is C15H22N2O3S. The normalized spacial score (nSPS) is 24.7. The van der Waals surface area contributed by atoms with E-state index in [0.717, 1.165) is 19.5 Å². The number of nitrogens with zero attached hydrogens (tertiary/aromatic N) is 2. The molecule has 2 aliphatic rings. The largest absolute Gasteiger partial charge is 0.392 e. The summed E-state index contributed by atoms with van der Waals surface area (Å²) < 4.78 is 27.3. The van der Waals surface area contributed by atoms with Gasteiger partial charge in [0.15, 0.2) is 0 Å². The van der Waals surface area contributed by atoms with Gasteiger partial charge < -0.3 is 5.11 Å². The van der Waals surface area contributed by atoms with Crippen LogP contribution in [0.2, 0.25) is 0 Å². The Bertz CT molecular complexity index is 603. The molecule has 3 rings (SSSR count). The molecule has 2 saturated heterocycles. The van der Waals surface area contributed by atoms with Crippen molar-refractivity contribution in [3.63, 3.8) is 0 Å². The van der Waals surface area contributed by atoms with Crippen molar-refractivity contribution in [2.75, 3.05) is 26.2 Å². The van der Waals surface area contributed by atoms with Gasteiger partial charge in [0.05, 0.1) is 11.5 Å². The van der Waals surface area contributed by atoms with Crippen LogP contribution >= 0.6 is 0 Å². The Labute approximate surface area is 126 Å². The molecule has 1 N–H and O–H groups in total. The van der Waals surface area contributed by atoms with Crippen LogP contribution in [0.15, 0.2) is 29.2 Å². The fourth-order valence-corrected chi connectivity index (χ4v) is 5.05. The van der Waals surface area contributed by atoms with E-state index >= 15 is 0 Å². The molecule has 1 unspecified atom stereocenters. The first-order chi connectivity index (χ1) is 10.1. The molecule has 1 atom stereocenters. The number of benzene rings is 1. The summed E-state index contributed by atoms with van der Waals surface area (Å²) in [5.74, 6) is 0. The van der Waals surface area contributed by atoms with Crippen molar-refractivity contribution >= 4 is 10.0 Å². The average molecular weight is 310 g/mol. The summed E-state index contributed by atoms with van der Waals surface area (Å²) in [4.78, 5) is 2.66. The molecule has 0 saturated carbocycles. The Balaban J connectivity index is 1.85. The van der Waals surface area contributed by atoms with Gasteiger partial charge in [-0.3, -0.25) is 4.90 Å². The third-order valence-corrected chi connectivity index (χ3v) is 6.53. The standard InChI is InChI=1S/C15H22N2O3S/c18-12-13-5-1-2-7-15(13)21(19,20)17-10-9-16-8-4-3-6-14(16)11-17/h1-2,5,7,14,18H,3-4,6,8-12H2. The van der Waals surface area contributed by atoms with Crippen molar-refractivity contribution in [1.29, 1.82) is 0 Å². The summed E-state index contributed by atoms with van der Waals surface area (Å²) in [5, 5.41) is 9.38. The minimum atomic E-state index is -3.51. The van der Waals surface area contributed by atoms with Crippen molar-refractivity contribution in [2.45, 2.75) is 36.8 Å². The van der Waals surface area contributed by atoms with Crippen molar-refractivity contribution in [2.24, 2.45) is 0 Å². The third-order valence-electron chi connectivity index (χ3n) is 4.56. The van der Waals surface area contributed by atoms with Crippen molar-refractivity contribution in [1.82, 2.24) is 9.21 Å². The highest BCUT2D eigenvalue weighted by Gasteiger charge is 2.35. The zero-order valence-corrected chi connectivity index (χ0v) is 12.9. The second kappa shape index (κ2) is 6.04. The van der Waals surface area contributed by atoms with Gasteiger partial charge in [0, 0.05) is 25.7 Å². The number of fused-ring (bicyclic) bond motifs is 1. The van der Waals surface area contributed by atoms with Gasteiger partial charge in [-0.2, -0.15) is 4.31 Å². The summed E-state index contributed by atoms with van der Waals surface area (Å²) in [5.41, 5.74) is 0.476. The molecular weight excluding hydrogens is 288 g/mol. The average Bonchev–Trinajstić information content (AvgIpc) is 2.54. The van der Waals surface area contributed by atoms with E-state index < -0.39 is 10.0 Å². The lowest BCUT2D eigenvalue weighted by Crippen LogP contribution is -2.56. The predicted molar refractivity (Wildman–Crippen MR) is 80.3 cm³/mol. The number of aliphatic hydroxyl groups is 1. The number of rotatable bonds is 3. The smallest absolute Gasteiger partial charge is 0.243 e. The van der Waals surface area contributed by atoms with E-state index in [2.05, 4.69) is 4.90 Å². The second-order valence-corrected chi connectivity index (χ2v) is 7.72. The number of sulfonamides is 1. The highest BCUT2D eigenvalue weighted by molar-refractivity contribution is 7.89. The molecule has 0 aliphatic carbocycles. The SMILES string of the molecule is O=S(=O)(c1ccccc1CO)N1CCN2CCCCC2C1. The first-order valence-corrected chi connectivity index (χ1v) is 9.00. The Kier molecular flexibility index (Phi) is 4.31. The van der Waals surface area contributed by atoms with Gasteiger partial charge in [-0.15, -0.1) is 0 Å². The minimum Gasteiger partial charge on any atom is -0.392 e. The van der Waals surface area contributed by atoms with Crippen molar-refractivity contribution < 1.29 is 13.5 Å². The first-order valence-electron chi connectivity index (χ1n) is 7.56. The van der Waals surface area contributed by atoms with Gasteiger partial charge in [0.1, 0.15) is 0 Å². The molecule has 0 radical (unpaired) electrons. The fraction of sp³-hybridized carbons (Fsp3) is 0.600. The summed E-state index contributed by atoms with van der Waals surface area (Å²) in [6.45, 7) is 2.76. The maximum absolute atomic E-state index is 12.8. The second-order valence-electron chi connectivity index (χ2n) is 5.81. The topological polar surface area (TPSA) is 60.9 Å². The molecule has 0 amide bonds. The van der Waals surface area contributed by atoms with Crippen molar-refractivity contribution in [3.05, 3.63) is 29.8 Å². The summed E-state index contributed by atoms with van der Waals surface area (Å²) >= 11 is 0. The van der Waals surface area contributed by atoms with Crippen LogP contribution in [-0.2, 0) is 16.6 Å². The highest BCUT2D eigenvalue weighted by Crippen LogP contribution is 2.26. The Hall–Kier alpha value is -0.950. The number of piperazine rings is 1. The van der Waals surface area contributed by atoms with Gasteiger partial charge in [-0.1, -0.05) is 24.6 Å². The molecule has 1 aromatic carbocycles. The van der Waals surface area contributed by atoms with Gasteiger partial charge in [0.2, 0.25) is 10.0 Å². The van der Waals surface area contributed by atoms with Crippen LogP contribution in [0.25, 0.3) is 0 Å². The van der Waals surface area contributed by atoms with E-state index in [1.807, 2.05) is 0 Å². The molecule has 0 aromatic heterocycles. The van der Waals surface area contributed by atoms with E-state index in [1.54, 1.807) is 28.6 Å². The van der Waals surface area contributed by atoms with Crippen LogP contribution in [0.1, 0.15) is 24.8 Å². The van der Waals surface area contributed by atoms with Crippen LogP contribution in [0, 0.1) is 0 Å². The van der Waals surface area contributed by atoms with Gasteiger partial charge in [-0.25, -0.2) is 8.42 Å². The molecule has 116 valence electrons. The molecule has 2 heterocycles. The number of piperidine rings is 1. The summed E-state index contributed by atoms with van der Waals surface area (Å²) in [6.07, 6.45) is 3.48. The zero-order valence-electron chi connectivity index (χ0n) is 12.1. The summed E-state index contributed by atoms with van der Waals surface area (Å²) in [6, 6.07) is 7.08. The lowest BCUT2D eigenvalue weighted by Gasteiger charge is -2.43. The molecule has 6 heteroatoms. The van der Waals surface area contributed by atoms with Crippen LogP contribution in [0.4, 0.5) is 0 Å². The summed E-state index contributed by atoms with van der Waals surface area (Å²) in [7, 11) is -3.51. The quantitative estimate of drug-likeness (QED) is 0.906. The Morgan fingerprint density at radius 3 is 2.76 bits per heavy atom. The van der Waals surface area contributed by atoms with E-state index in [0.29, 0.717) is 24.7 Å². The van der Waals surface area contributed by atoms with Crippen molar-refractivity contribution in [3.8, 4) is 0 Å². The molecule has 2 aliphatic heterocycles. The maximum Gasteiger partial charge on any atom is 0.243 e. The number of hydrogen-bond acceptors (Lipinski definition) is 4. The molecule has 1 aromatic rings. The van der Waals surface area contributed by atoms with Gasteiger partial charge in [0.25, 0.3) is 0 Å². The predicted octanol–water partition coefficient (Wildman–Crippen LogP) is 1.04. The first kappa shape index (κ1) is 15.0. The molecule has 0 bridgehead atoms. The van der Waals surface area contributed by atoms with E-state index in [1.165, 1.54) is 12.8 Å². The third kappa shape index (κ3) is 2.85. The maximum atomic E-state index is 12.8. The van der Waals surface area contributed by atoms with Crippen LogP contribution in [0.5, 0.6) is 0 Å². The fourth-order valence-electron chi connectivity index (χ4n) is 3.37. The Morgan fingerprint density at radius 2 is 1.95 bits per heavy atom. The van der Waals surface area contributed by atoms with E-state index in [9.17, 15) is 13.5 Å². The van der Waals surface area contributed by atoms with Gasteiger partial charge in [-0.05, 0) is 31.0 Å². The van der Waals surface area contributed by atoms with E-state index in [-0.39, 0.29) is 11.5 Å². The highest BCUT2D eigenvalue weighted by atomic mass is 32.2. The van der Waals surface area contributed by atoms with E-state index in [4.69, 9.17) is 0 Å². The molecule has 0 spiro atoms. The number of aliphatic hydroxyl groups excluding tert-OH is 1. The lowest BCUT2D eigenvalue weighted by atomic mass is 10.0. The minimum absolute atomic E-state index is 0.247. The molecule has 2 fully saturated rings. The van der Waals surface area contributed by atoms with Gasteiger partial charge >= 0.3 is 0 Å². The molecule has 5 nitrogen and oxygen atoms in total. The monoisotopic (exact) mass is 310 g/mol. The van der Waals surface area contributed by atoms with Crippen LogP contribution < -0.4 is 0 Å². The van der Waals surface area contributed by atoms with Crippen LogP contribution in [0.3, 0.4) is 0 Å². The van der Waals surface area contributed by atoms with Crippen LogP contribution in [-0.4, -0.2) is 55.0 Å².